The quantitative estimate of drug-likeness (QED) is 0.754. The standard InChI is InChI=1S/C15H26N2O2S/c1-7-19-13(18)9-8-12-10-20-14(16-12)17(6)11(2)15(3,4)5/h10-11H,7-9H2,1-6H3. The monoisotopic (exact) mass is 298 g/mol. The molecule has 1 aromatic heterocycles. The van der Waals surface area contributed by atoms with E-state index in [0.717, 1.165) is 10.8 Å². The Morgan fingerprint density at radius 1 is 1.50 bits per heavy atom. The third-order valence-electron chi connectivity index (χ3n) is 3.57. The van der Waals surface area contributed by atoms with Gasteiger partial charge in [-0.2, -0.15) is 0 Å². The summed E-state index contributed by atoms with van der Waals surface area (Å²) in [5.41, 5.74) is 1.16. The molecule has 20 heavy (non-hydrogen) atoms. The number of ether oxygens (including phenoxy) is 1. The molecule has 0 amide bonds. The Bertz CT molecular complexity index is 437. The molecule has 0 spiro atoms. The molecule has 0 aromatic carbocycles. The van der Waals surface area contributed by atoms with Crippen molar-refractivity contribution in [2.45, 2.75) is 53.5 Å². The van der Waals surface area contributed by atoms with E-state index in [1.165, 1.54) is 0 Å². The summed E-state index contributed by atoms with van der Waals surface area (Å²) >= 11 is 1.63. The molecule has 1 heterocycles. The average molecular weight is 298 g/mol. The second-order valence-electron chi connectivity index (χ2n) is 6.08. The summed E-state index contributed by atoms with van der Waals surface area (Å²) in [6.45, 7) is 11.1. The Kier molecular flexibility index (Phi) is 5.99. The predicted octanol–water partition coefficient (Wildman–Crippen LogP) is 3.51. The molecular formula is C15H26N2O2S. The van der Waals surface area contributed by atoms with Crippen molar-refractivity contribution >= 4 is 22.4 Å². The Labute approximate surface area is 126 Å². The second-order valence-corrected chi connectivity index (χ2v) is 6.92. The van der Waals surface area contributed by atoms with Crippen LogP contribution in [-0.4, -0.2) is 30.6 Å². The van der Waals surface area contributed by atoms with Crippen molar-refractivity contribution in [2.75, 3.05) is 18.6 Å². The normalized spacial score (nSPS) is 13.1. The van der Waals surface area contributed by atoms with Gasteiger partial charge in [-0.1, -0.05) is 20.8 Å². The van der Waals surface area contributed by atoms with Crippen molar-refractivity contribution in [3.63, 3.8) is 0 Å². The first-order valence-corrected chi connectivity index (χ1v) is 7.96. The van der Waals surface area contributed by atoms with Gasteiger partial charge < -0.3 is 9.64 Å². The van der Waals surface area contributed by atoms with Crippen LogP contribution in [-0.2, 0) is 16.0 Å². The summed E-state index contributed by atoms with van der Waals surface area (Å²) in [6.07, 6.45) is 1.04. The van der Waals surface area contributed by atoms with Crippen LogP contribution in [0, 0.1) is 5.41 Å². The molecule has 1 rings (SSSR count). The molecule has 5 heteroatoms. The van der Waals surface area contributed by atoms with Crippen LogP contribution in [0.2, 0.25) is 0 Å². The molecular weight excluding hydrogens is 272 g/mol. The highest BCUT2D eigenvalue weighted by Gasteiger charge is 2.25. The number of rotatable bonds is 6. The molecule has 0 aliphatic heterocycles. The van der Waals surface area contributed by atoms with Gasteiger partial charge in [0.2, 0.25) is 0 Å². The molecule has 0 saturated heterocycles. The summed E-state index contributed by atoms with van der Waals surface area (Å²) in [7, 11) is 2.07. The minimum Gasteiger partial charge on any atom is -0.466 e. The van der Waals surface area contributed by atoms with Gasteiger partial charge in [-0.25, -0.2) is 4.98 Å². The number of thiazole rings is 1. The zero-order chi connectivity index (χ0) is 15.3. The number of carbonyl (C=O) groups excluding carboxylic acids is 1. The van der Waals surface area contributed by atoms with Crippen LogP contribution in [0.25, 0.3) is 0 Å². The first kappa shape index (κ1) is 17.0. The van der Waals surface area contributed by atoms with Gasteiger partial charge in [-0.05, 0) is 19.3 Å². The maximum Gasteiger partial charge on any atom is 0.306 e. The van der Waals surface area contributed by atoms with Crippen LogP contribution in [0.15, 0.2) is 5.38 Å². The van der Waals surface area contributed by atoms with Crippen molar-refractivity contribution in [2.24, 2.45) is 5.41 Å². The van der Waals surface area contributed by atoms with E-state index in [1.807, 2.05) is 12.3 Å². The van der Waals surface area contributed by atoms with Gasteiger partial charge in [0.15, 0.2) is 5.13 Å². The molecule has 0 aliphatic carbocycles. The molecule has 0 aliphatic rings. The second kappa shape index (κ2) is 7.07. The van der Waals surface area contributed by atoms with E-state index in [2.05, 4.69) is 44.6 Å². The van der Waals surface area contributed by atoms with Crippen molar-refractivity contribution in [3.8, 4) is 0 Å². The summed E-state index contributed by atoms with van der Waals surface area (Å²) in [5.74, 6) is -0.154. The number of hydrogen-bond donors (Lipinski definition) is 0. The summed E-state index contributed by atoms with van der Waals surface area (Å²) in [6, 6.07) is 0.395. The van der Waals surface area contributed by atoms with Crippen molar-refractivity contribution < 1.29 is 9.53 Å². The van der Waals surface area contributed by atoms with Gasteiger partial charge in [0, 0.05) is 24.9 Å². The first-order valence-electron chi connectivity index (χ1n) is 7.08. The molecule has 0 N–H and O–H groups in total. The van der Waals surface area contributed by atoms with Crippen LogP contribution >= 0.6 is 11.3 Å². The number of aromatic nitrogens is 1. The number of hydrogen-bond acceptors (Lipinski definition) is 5. The molecule has 0 fully saturated rings. The van der Waals surface area contributed by atoms with E-state index in [9.17, 15) is 4.79 Å². The summed E-state index contributed by atoms with van der Waals surface area (Å²) in [5, 5.41) is 3.03. The minimum atomic E-state index is -0.154. The smallest absolute Gasteiger partial charge is 0.306 e. The van der Waals surface area contributed by atoms with Crippen LogP contribution in [0.4, 0.5) is 5.13 Å². The van der Waals surface area contributed by atoms with E-state index in [0.29, 0.717) is 25.5 Å². The first-order chi connectivity index (χ1) is 9.25. The van der Waals surface area contributed by atoms with Crippen molar-refractivity contribution in [1.29, 1.82) is 0 Å². The third kappa shape index (κ3) is 4.78. The zero-order valence-electron chi connectivity index (χ0n) is 13.4. The highest BCUT2D eigenvalue weighted by molar-refractivity contribution is 7.13. The van der Waals surface area contributed by atoms with E-state index in [4.69, 9.17) is 4.74 Å². The van der Waals surface area contributed by atoms with Crippen LogP contribution in [0.5, 0.6) is 0 Å². The zero-order valence-corrected chi connectivity index (χ0v) is 14.2. The third-order valence-corrected chi connectivity index (χ3v) is 4.55. The minimum absolute atomic E-state index is 0.154. The summed E-state index contributed by atoms with van der Waals surface area (Å²) in [4.78, 5) is 18.2. The lowest BCUT2D eigenvalue weighted by molar-refractivity contribution is -0.143. The van der Waals surface area contributed by atoms with E-state index in [-0.39, 0.29) is 11.4 Å². The lowest BCUT2D eigenvalue weighted by Gasteiger charge is -2.35. The Morgan fingerprint density at radius 2 is 2.15 bits per heavy atom. The van der Waals surface area contributed by atoms with Crippen LogP contribution < -0.4 is 4.90 Å². The van der Waals surface area contributed by atoms with Gasteiger partial charge in [-0.3, -0.25) is 4.79 Å². The van der Waals surface area contributed by atoms with E-state index in [1.54, 1.807) is 11.3 Å². The SMILES string of the molecule is CCOC(=O)CCc1csc(N(C)C(C)C(C)(C)C)n1. The molecule has 0 saturated carbocycles. The fraction of sp³-hybridized carbons (Fsp3) is 0.733. The lowest BCUT2D eigenvalue weighted by Crippen LogP contribution is -2.39. The fourth-order valence-electron chi connectivity index (χ4n) is 1.78. The fourth-order valence-corrected chi connectivity index (χ4v) is 2.69. The van der Waals surface area contributed by atoms with Gasteiger partial charge >= 0.3 is 5.97 Å². The highest BCUT2D eigenvalue weighted by atomic mass is 32.1. The van der Waals surface area contributed by atoms with Gasteiger partial charge in [0.05, 0.1) is 18.7 Å². The van der Waals surface area contributed by atoms with Crippen molar-refractivity contribution in [1.82, 2.24) is 4.98 Å². The molecule has 1 unspecified atom stereocenters. The molecule has 1 aromatic rings. The predicted molar refractivity (Wildman–Crippen MR) is 84.4 cm³/mol. The lowest BCUT2D eigenvalue weighted by atomic mass is 9.87. The molecule has 114 valence electrons. The van der Waals surface area contributed by atoms with Gasteiger partial charge in [-0.15, -0.1) is 11.3 Å². The summed E-state index contributed by atoms with van der Waals surface area (Å²) < 4.78 is 4.93. The molecule has 4 nitrogen and oxygen atoms in total. The maximum atomic E-state index is 11.3. The van der Waals surface area contributed by atoms with Crippen molar-refractivity contribution in [3.05, 3.63) is 11.1 Å². The van der Waals surface area contributed by atoms with Gasteiger partial charge in [0.25, 0.3) is 0 Å². The average Bonchev–Trinajstić information content (AvgIpc) is 2.82. The van der Waals surface area contributed by atoms with Crippen LogP contribution in [0.3, 0.4) is 0 Å². The highest BCUT2D eigenvalue weighted by Crippen LogP contribution is 2.29. The largest absolute Gasteiger partial charge is 0.466 e. The topological polar surface area (TPSA) is 42.4 Å². The Hall–Kier alpha value is -1.10. The number of esters is 1. The van der Waals surface area contributed by atoms with Crippen LogP contribution in [0.1, 0.15) is 46.7 Å². The molecule has 1 atom stereocenters. The van der Waals surface area contributed by atoms with Gasteiger partial charge in [0.1, 0.15) is 0 Å². The Balaban J connectivity index is 2.61. The molecule has 0 radical (unpaired) electrons. The van der Waals surface area contributed by atoms with E-state index < -0.39 is 0 Å². The Morgan fingerprint density at radius 3 is 2.70 bits per heavy atom. The van der Waals surface area contributed by atoms with E-state index >= 15 is 0 Å². The number of nitrogens with zero attached hydrogens (tertiary/aromatic N) is 2. The number of aryl methyl sites for hydroxylation is 1. The number of carbonyl (C=O) groups is 1. The number of anilines is 1. The maximum absolute atomic E-state index is 11.3. The molecule has 0 bridgehead atoms.